The summed E-state index contributed by atoms with van der Waals surface area (Å²) in [6, 6.07) is 9.50. The minimum Gasteiger partial charge on any atom is -0.449 e. The lowest BCUT2D eigenvalue weighted by molar-refractivity contribution is -0.116. The molecule has 1 aromatic rings. The van der Waals surface area contributed by atoms with Gasteiger partial charge in [0.25, 0.3) is 0 Å². The molecular weight excluding hydrogens is 402 g/mol. The van der Waals surface area contributed by atoms with Gasteiger partial charge >= 0.3 is 6.09 Å². The summed E-state index contributed by atoms with van der Waals surface area (Å²) in [6.07, 6.45) is 7.76. The molecule has 1 aromatic carbocycles. The number of amides is 2. The Morgan fingerprint density at radius 1 is 1.16 bits per heavy atom. The number of anilines is 1. The molecule has 0 N–H and O–H groups in total. The summed E-state index contributed by atoms with van der Waals surface area (Å²) in [5.74, 6) is 0.789. The molecule has 32 heavy (non-hydrogen) atoms. The third-order valence-electron chi connectivity index (χ3n) is 9.39. The van der Waals surface area contributed by atoms with E-state index in [-0.39, 0.29) is 23.0 Å². The number of carbonyl (C=O) groups is 2. The zero-order valence-electron chi connectivity index (χ0n) is 19.4. The molecule has 5 aliphatic rings. The first-order valence-electron chi connectivity index (χ1n) is 12.6. The highest BCUT2D eigenvalue weighted by Crippen LogP contribution is 2.65. The van der Waals surface area contributed by atoms with Crippen LogP contribution < -0.4 is 4.90 Å². The molecule has 6 rings (SSSR count). The fraction of sp³-hybridized carbons (Fsp3) is 0.692. The van der Waals surface area contributed by atoms with E-state index in [4.69, 9.17) is 4.74 Å². The highest BCUT2D eigenvalue weighted by atomic mass is 16.6. The van der Waals surface area contributed by atoms with Gasteiger partial charge in [-0.25, -0.2) is 4.79 Å². The van der Waals surface area contributed by atoms with E-state index in [0.717, 1.165) is 57.4 Å². The van der Waals surface area contributed by atoms with E-state index in [2.05, 4.69) is 28.0 Å². The van der Waals surface area contributed by atoms with Gasteiger partial charge in [-0.1, -0.05) is 25.1 Å². The first-order chi connectivity index (χ1) is 15.5. The van der Waals surface area contributed by atoms with Crippen molar-refractivity contribution in [2.45, 2.75) is 81.8 Å². The van der Waals surface area contributed by atoms with Gasteiger partial charge in [0, 0.05) is 30.6 Å². The van der Waals surface area contributed by atoms with Crippen LogP contribution in [0.4, 0.5) is 10.5 Å². The molecule has 4 atom stereocenters. The first-order valence-corrected chi connectivity index (χ1v) is 12.6. The number of para-hydroxylation sites is 1. The normalized spacial score (nSPS) is 34.4. The smallest absolute Gasteiger partial charge is 0.410 e. The molecule has 4 unspecified atom stereocenters. The van der Waals surface area contributed by atoms with Crippen LogP contribution in [0.5, 0.6) is 0 Å². The van der Waals surface area contributed by atoms with Crippen molar-refractivity contribution in [3.05, 3.63) is 29.8 Å². The number of benzene rings is 1. The summed E-state index contributed by atoms with van der Waals surface area (Å²) in [5, 5.41) is 0. The summed E-state index contributed by atoms with van der Waals surface area (Å²) >= 11 is 0. The highest BCUT2D eigenvalue weighted by Gasteiger charge is 2.75. The predicted octanol–water partition coefficient (Wildman–Crippen LogP) is 3.93. The number of hydrogen-bond acceptors (Lipinski definition) is 4. The molecule has 4 fully saturated rings. The second kappa shape index (κ2) is 7.21. The van der Waals surface area contributed by atoms with Crippen LogP contribution in [0.3, 0.4) is 0 Å². The molecule has 2 saturated heterocycles. The third kappa shape index (κ3) is 2.74. The second-order valence-electron chi connectivity index (χ2n) is 10.8. The molecular formula is C26H35N3O3. The molecule has 0 radical (unpaired) electrons. The molecule has 6 heteroatoms. The molecule has 2 spiro atoms. The molecule has 0 aromatic heterocycles. The maximum Gasteiger partial charge on any atom is 0.410 e. The Bertz CT molecular complexity index is 940. The van der Waals surface area contributed by atoms with Crippen LogP contribution in [0.2, 0.25) is 0 Å². The number of nitrogens with zero attached hydrogens (tertiary/aromatic N) is 3. The van der Waals surface area contributed by atoms with Crippen LogP contribution in [-0.2, 0) is 14.9 Å². The second-order valence-corrected chi connectivity index (χ2v) is 10.8. The molecule has 0 bridgehead atoms. The van der Waals surface area contributed by atoms with Crippen molar-refractivity contribution in [1.29, 1.82) is 0 Å². The molecule has 2 aliphatic carbocycles. The Labute approximate surface area is 190 Å². The number of rotatable bonds is 3. The van der Waals surface area contributed by atoms with Crippen LogP contribution >= 0.6 is 0 Å². The van der Waals surface area contributed by atoms with Gasteiger partial charge in [0.1, 0.15) is 0 Å². The van der Waals surface area contributed by atoms with Crippen molar-refractivity contribution in [2.75, 3.05) is 31.1 Å². The van der Waals surface area contributed by atoms with Gasteiger partial charge in [-0.05, 0) is 75.6 Å². The van der Waals surface area contributed by atoms with Crippen molar-refractivity contribution in [2.24, 2.45) is 5.92 Å². The van der Waals surface area contributed by atoms with Gasteiger partial charge in [-0.2, -0.15) is 0 Å². The van der Waals surface area contributed by atoms with Gasteiger partial charge in [0.15, 0.2) is 0 Å². The van der Waals surface area contributed by atoms with Crippen LogP contribution in [0, 0.1) is 5.92 Å². The Kier molecular flexibility index (Phi) is 4.62. The number of carbonyl (C=O) groups excluding carboxylic acids is 2. The predicted molar refractivity (Wildman–Crippen MR) is 123 cm³/mol. The van der Waals surface area contributed by atoms with Gasteiger partial charge in [-0.3, -0.25) is 9.69 Å². The van der Waals surface area contributed by atoms with Crippen LogP contribution in [-0.4, -0.2) is 65.7 Å². The third-order valence-corrected chi connectivity index (χ3v) is 9.39. The molecule has 2 amide bonds. The van der Waals surface area contributed by atoms with E-state index < -0.39 is 0 Å². The van der Waals surface area contributed by atoms with Gasteiger partial charge in [0.2, 0.25) is 5.91 Å². The zero-order chi connectivity index (χ0) is 22.1. The lowest BCUT2D eigenvalue weighted by atomic mass is 9.74. The van der Waals surface area contributed by atoms with E-state index in [1.165, 1.54) is 18.4 Å². The topological polar surface area (TPSA) is 52.9 Å². The van der Waals surface area contributed by atoms with Gasteiger partial charge in [-0.15, -0.1) is 0 Å². The van der Waals surface area contributed by atoms with E-state index in [0.29, 0.717) is 24.6 Å². The number of ether oxygens (including phenoxy) is 1. The molecule has 6 nitrogen and oxygen atoms in total. The molecule has 3 heterocycles. The summed E-state index contributed by atoms with van der Waals surface area (Å²) in [7, 11) is 0. The zero-order valence-corrected chi connectivity index (χ0v) is 19.4. The Balaban J connectivity index is 1.14. The lowest BCUT2D eigenvalue weighted by Gasteiger charge is -2.42. The van der Waals surface area contributed by atoms with Gasteiger partial charge < -0.3 is 14.5 Å². The van der Waals surface area contributed by atoms with Crippen LogP contribution in [0.1, 0.15) is 64.4 Å². The quantitative estimate of drug-likeness (QED) is 0.673. The van der Waals surface area contributed by atoms with E-state index in [1.54, 1.807) is 6.92 Å². The molecule has 3 aliphatic heterocycles. The summed E-state index contributed by atoms with van der Waals surface area (Å²) in [5.41, 5.74) is 2.67. The van der Waals surface area contributed by atoms with Crippen molar-refractivity contribution >= 4 is 17.7 Å². The largest absolute Gasteiger partial charge is 0.449 e. The number of likely N-dealkylation sites (tertiary alicyclic amines) is 2. The average Bonchev–Trinajstić information content (AvgIpc) is 3.07. The lowest BCUT2D eigenvalue weighted by Crippen LogP contribution is -2.48. The fourth-order valence-corrected chi connectivity index (χ4v) is 7.87. The Hall–Kier alpha value is -2.08. The van der Waals surface area contributed by atoms with Crippen LogP contribution in [0.25, 0.3) is 0 Å². The van der Waals surface area contributed by atoms with E-state index in [1.807, 2.05) is 17.9 Å². The Morgan fingerprint density at radius 2 is 1.94 bits per heavy atom. The molecule has 2 saturated carbocycles. The summed E-state index contributed by atoms with van der Waals surface area (Å²) in [4.78, 5) is 31.7. The van der Waals surface area contributed by atoms with Crippen molar-refractivity contribution in [3.63, 3.8) is 0 Å². The minimum atomic E-state index is -0.0771. The number of fused-ring (bicyclic) bond motifs is 2. The maximum absolute atomic E-state index is 12.6. The SMILES string of the molecule is CCCOC(=O)N1C2CCC3CC(N4CCC5(CC4)CN(C(C)=O)c4ccccc45)CC321. The first kappa shape index (κ1) is 20.5. The monoisotopic (exact) mass is 437 g/mol. The number of piperidine rings is 2. The van der Waals surface area contributed by atoms with E-state index in [9.17, 15) is 9.59 Å². The summed E-state index contributed by atoms with van der Waals surface area (Å²) in [6.45, 7) is 7.25. The highest BCUT2D eigenvalue weighted by molar-refractivity contribution is 5.94. The van der Waals surface area contributed by atoms with E-state index >= 15 is 0 Å². The molecule has 172 valence electrons. The van der Waals surface area contributed by atoms with Crippen molar-refractivity contribution < 1.29 is 14.3 Å². The summed E-state index contributed by atoms with van der Waals surface area (Å²) < 4.78 is 5.50. The fourth-order valence-electron chi connectivity index (χ4n) is 7.87. The maximum atomic E-state index is 12.6. The standard InChI is InChI=1S/C26H35N3O3/c1-3-14-32-24(31)29-23-9-8-19-15-20(16-26(19,23)29)27-12-10-25(11-13-27)17-28(18(2)30)22-7-5-4-6-21(22)25/h4-7,19-20,23H,3,8-17H2,1-2H3. The van der Waals surface area contributed by atoms with Crippen LogP contribution in [0.15, 0.2) is 24.3 Å². The minimum absolute atomic E-state index is 0.0771. The Morgan fingerprint density at radius 3 is 2.69 bits per heavy atom. The van der Waals surface area contributed by atoms with Crippen molar-refractivity contribution in [1.82, 2.24) is 9.80 Å². The number of hydrogen-bond donors (Lipinski definition) is 0. The van der Waals surface area contributed by atoms with Crippen molar-refractivity contribution in [3.8, 4) is 0 Å². The van der Waals surface area contributed by atoms with Gasteiger partial charge in [0.05, 0.1) is 18.2 Å². The average molecular weight is 438 g/mol.